The molecule has 0 bridgehead atoms. The lowest BCUT2D eigenvalue weighted by Gasteiger charge is -2.25. The van der Waals surface area contributed by atoms with Gasteiger partial charge in [-0.25, -0.2) is 14.5 Å². The number of allylic oxidation sites excluding steroid dienone is 1. The Morgan fingerprint density at radius 1 is 0.977 bits per heavy atom. The molecule has 0 N–H and O–H groups in total. The SMILES string of the molecule is COc1ccc([C@H]2C(C(=O)OC(C)C)=C(C)N=c3s/c(=C/c4cn(-c5ccccc5)nc4-c4ccc(C)cc4)c(=O)n32)cc1. The van der Waals surface area contributed by atoms with E-state index in [1.54, 1.807) is 32.4 Å². The topological polar surface area (TPSA) is 87.7 Å². The molecule has 44 heavy (non-hydrogen) atoms. The molecular weight excluding hydrogens is 572 g/mol. The van der Waals surface area contributed by atoms with Crippen LogP contribution in [-0.4, -0.2) is 33.5 Å². The van der Waals surface area contributed by atoms with Crippen molar-refractivity contribution in [2.45, 2.75) is 39.8 Å². The van der Waals surface area contributed by atoms with Gasteiger partial charge in [-0.2, -0.15) is 5.10 Å². The van der Waals surface area contributed by atoms with E-state index in [1.165, 1.54) is 11.3 Å². The molecule has 0 aliphatic carbocycles. The van der Waals surface area contributed by atoms with Gasteiger partial charge in [0.25, 0.3) is 5.56 Å². The van der Waals surface area contributed by atoms with Crippen LogP contribution in [0.2, 0.25) is 0 Å². The third kappa shape index (κ3) is 5.54. The molecule has 1 aliphatic heterocycles. The molecule has 6 rings (SSSR count). The van der Waals surface area contributed by atoms with Crippen LogP contribution in [-0.2, 0) is 9.53 Å². The van der Waals surface area contributed by atoms with Crippen molar-refractivity contribution in [2.24, 2.45) is 4.99 Å². The summed E-state index contributed by atoms with van der Waals surface area (Å²) in [6, 6.07) is 24.7. The fourth-order valence-electron chi connectivity index (χ4n) is 5.24. The Balaban J connectivity index is 1.55. The number of carbonyl (C=O) groups excluding carboxylic acids is 1. The van der Waals surface area contributed by atoms with E-state index in [1.807, 2.05) is 103 Å². The molecule has 0 spiro atoms. The van der Waals surface area contributed by atoms with Crippen molar-refractivity contribution in [3.05, 3.63) is 133 Å². The molecule has 2 aromatic heterocycles. The average molecular weight is 605 g/mol. The Morgan fingerprint density at radius 2 is 1.68 bits per heavy atom. The molecule has 0 saturated carbocycles. The lowest BCUT2D eigenvalue weighted by Crippen LogP contribution is -2.40. The normalized spacial score (nSPS) is 14.9. The van der Waals surface area contributed by atoms with Gasteiger partial charge in [-0.3, -0.25) is 9.36 Å². The molecule has 5 aromatic rings. The van der Waals surface area contributed by atoms with Crippen molar-refractivity contribution >= 4 is 23.4 Å². The Morgan fingerprint density at radius 3 is 2.34 bits per heavy atom. The first-order chi connectivity index (χ1) is 21.2. The maximum absolute atomic E-state index is 14.2. The van der Waals surface area contributed by atoms with Crippen molar-refractivity contribution in [3.8, 4) is 22.7 Å². The first-order valence-corrected chi connectivity index (χ1v) is 15.1. The van der Waals surface area contributed by atoms with Crippen molar-refractivity contribution in [3.63, 3.8) is 0 Å². The van der Waals surface area contributed by atoms with E-state index in [9.17, 15) is 9.59 Å². The summed E-state index contributed by atoms with van der Waals surface area (Å²) in [4.78, 5) is 32.9. The third-order valence-electron chi connectivity index (χ3n) is 7.39. The van der Waals surface area contributed by atoms with Gasteiger partial charge in [-0.1, -0.05) is 71.5 Å². The molecule has 222 valence electrons. The number of ether oxygens (including phenoxy) is 2. The predicted octanol–water partition coefficient (Wildman–Crippen LogP) is 5.36. The molecule has 3 heterocycles. The molecule has 3 aromatic carbocycles. The van der Waals surface area contributed by atoms with Gasteiger partial charge >= 0.3 is 5.97 Å². The first-order valence-electron chi connectivity index (χ1n) is 14.3. The summed E-state index contributed by atoms with van der Waals surface area (Å²) in [7, 11) is 1.60. The van der Waals surface area contributed by atoms with Crippen molar-refractivity contribution < 1.29 is 14.3 Å². The Bertz CT molecular complexity index is 2050. The van der Waals surface area contributed by atoms with Crippen LogP contribution in [0.3, 0.4) is 0 Å². The Labute approximate surface area is 258 Å². The smallest absolute Gasteiger partial charge is 0.338 e. The van der Waals surface area contributed by atoms with Gasteiger partial charge in [-0.05, 0) is 63.6 Å². The van der Waals surface area contributed by atoms with Gasteiger partial charge in [0.15, 0.2) is 4.80 Å². The number of nitrogens with zero attached hydrogens (tertiary/aromatic N) is 4. The van der Waals surface area contributed by atoms with Gasteiger partial charge in [0, 0.05) is 17.3 Å². The van der Waals surface area contributed by atoms with Crippen LogP contribution in [0.25, 0.3) is 23.0 Å². The maximum Gasteiger partial charge on any atom is 0.338 e. The minimum atomic E-state index is -0.714. The van der Waals surface area contributed by atoms with Crippen LogP contribution < -0.4 is 19.6 Å². The number of hydrogen-bond acceptors (Lipinski definition) is 7. The minimum absolute atomic E-state index is 0.251. The summed E-state index contributed by atoms with van der Waals surface area (Å²) in [5.74, 6) is 0.175. The number of para-hydroxylation sites is 1. The summed E-state index contributed by atoms with van der Waals surface area (Å²) in [6.07, 6.45) is 3.47. The second kappa shape index (κ2) is 11.9. The molecule has 0 saturated heterocycles. The summed E-state index contributed by atoms with van der Waals surface area (Å²) in [5.41, 5.74) is 5.89. The highest BCUT2D eigenvalue weighted by Gasteiger charge is 2.34. The van der Waals surface area contributed by atoms with Crippen LogP contribution in [0.1, 0.15) is 43.5 Å². The lowest BCUT2D eigenvalue weighted by atomic mass is 9.96. The number of carbonyl (C=O) groups is 1. The average Bonchev–Trinajstić information content (AvgIpc) is 3.57. The monoisotopic (exact) mass is 604 g/mol. The van der Waals surface area contributed by atoms with E-state index in [2.05, 4.69) is 0 Å². The molecule has 1 aliphatic rings. The van der Waals surface area contributed by atoms with E-state index < -0.39 is 12.0 Å². The largest absolute Gasteiger partial charge is 0.497 e. The number of aromatic nitrogens is 3. The zero-order valence-corrected chi connectivity index (χ0v) is 26.0. The van der Waals surface area contributed by atoms with Gasteiger partial charge in [0.05, 0.1) is 46.4 Å². The van der Waals surface area contributed by atoms with Crippen molar-refractivity contribution in [1.29, 1.82) is 0 Å². The van der Waals surface area contributed by atoms with Crippen LogP contribution in [0, 0.1) is 6.92 Å². The third-order valence-corrected chi connectivity index (χ3v) is 8.37. The van der Waals surface area contributed by atoms with E-state index in [-0.39, 0.29) is 11.7 Å². The molecule has 0 unspecified atom stereocenters. The number of fused-ring (bicyclic) bond motifs is 1. The molecule has 9 heteroatoms. The van der Waals surface area contributed by atoms with E-state index in [0.717, 1.165) is 33.6 Å². The number of aryl methyl sites for hydroxylation is 1. The van der Waals surface area contributed by atoms with Crippen molar-refractivity contribution in [2.75, 3.05) is 7.11 Å². The fourth-order valence-corrected chi connectivity index (χ4v) is 6.28. The van der Waals surface area contributed by atoms with Crippen LogP contribution in [0.15, 0.2) is 106 Å². The van der Waals surface area contributed by atoms with E-state index in [4.69, 9.17) is 19.6 Å². The van der Waals surface area contributed by atoms with Crippen LogP contribution in [0.5, 0.6) is 5.75 Å². The molecule has 0 radical (unpaired) electrons. The molecule has 1 atom stereocenters. The first kappa shape index (κ1) is 29.1. The van der Waals surface area contributed by atoms with Gasteiger partial charge < -0.3 is 9.47 Å². The standard InChI is InChI=1S/C35H32N4O4S/c1-21(2)43-34(41)30-23(4)36-35-39(32(30)25-15-17-28(42-5)18-16-25)33(40)29(44-35)19-26-20-38(27-9-7-6-8-10-27)37-31(26)24-13-11-22(3)12-14-24/h6-21,32H,1-5H3/b29-19+/t32-/m0/s1. The number of benzene rings is 3. The number of esters is 1. The number of hydrogen-bond donors (Lipinski definition) is 0. The second-order valence-corrected chi connectivity index (χ2v) is 11.9. The highest BCUT2D eigenvalue weighted by Crippen LogP contribution is 2.32. The molecular formula is C35H32N4O4S. The van der Waals surface area contributed by atoms with Crippen LogP contribution >= 0.6 is 11.3 Å². The predicted molar refractivity (Wildman–Crippen MR) is 172 cm³/mol. The molecule has 0 amide bonds. The lowest BCUT2D eigenvalue weighted by molar-refractivity contribution is -0.143. The van der Waals surface area contributed by atoms with Gasteiger partial charge in [0.2, 0.25) is 0 Å². The van der Waals surface area contributed by atoms with Gasteiger partial charge in [-0.15, -0.1) is 0 Å². The number of thiazole rings is 1. The summed E-state index contributed by atoms with van der Waals surface area (Å²) in [5, 5.41) is 4.92. The van der Waals surface area contributed by atoms with E-state index in [0.29, 0.717) is 26.4 Å². The zero-order chi connectivity index (χ0) is 31.0. The quantitative estimate of drug-likeness (QED) is 0.234. The summed E-state index contributed by atoms with van der Waals surface area (Å²) in [6.45, 7) is 7.42. The number of rotatable bonds is 7. The summed E-state index contributed by atoms with van der Waals surface area (Å²) < 4.78 is 14.9. The minimum Gasteiger partial charge on any atom is -0.497 e. The van der Waals surface area contributed by atoms with Crippen molar-refractivity contribution in [1.82, 2.24) is 14.3 Å². The zero-order valence-electron chi connectivity index (χ0n) is 25.1. The second-order valence-electron chi connectivity index (χ2n) is 10.9. The van der Waals surface area contributed by atoms with Crippen LogP contribution in [0.4, 0.5) is 0 Å². The maximum atomic E-state index is 14.2. The van der Waals surface area contributed by atoms with Gasteiger partial charge in [0.1, 0.15) is 5.75 Å². The Hall–Kier alpha value is -5.02. The summed E-state index contributed by atoms with van der Waals surface area (Å²) >= 11 is 1.29. The molecule has 0 fully saturated rings. The van der Waals surface area contributed by atoms with E-state index >= 15 is 0 Å². The highest BCUT2D eigenvalue weighted by molar-refractivity contribution is 7.07. The highest BCUT2D eigenvalue weighted by atomic mass is 32.1. The number of methoxy groups -OCH3 is 1. The Kier molecular flexibility index (Phi) is 7.88. The molecule has 8 nitrogen and oxygen atoms in total. The fraction of sp³-hybridized carbons (Fsp3) is 0.200.